The number of H-pyrrole nitrogens is 3. The van der Waals surface area contributed by atoms with Gasteiger partial charge in [-0.05, 0) is 0 Å². The van der Waals surface area contributed by atoms with E-state index < -0.39 is 227 Å². The van der Waals surface area contributed by atoms with Gasteiger partial charge in [0.25, 0.3) is 16.7 Å². The van der Waals surface area contributed by atoms with Crippen LogP contribution in [0.4, 0.5) is 29.5 Å². The van der Waals surface area contributed by atoms with E-state index in [-0.39, 0.29) is 50.8 Å². The molecule has 0 saturated carbocycles. The summed E-state index contributed by atoms with van der Waals surface area (Å²) in [5.74, 6) is -1.76. The fourth-order valence-corrected chi connectivity index (χ4v) is 15.9. The van der Waals surface area contributed by atoms with Crippen molar-refractivity contribution in [3.8, 4) is 0 Å². The van der Waals surface area contributed by atoms with Crippen LogP contribution in [-0.4, -0.2) is 258 Å². The Hall–Kier alpha value is -8.03. The minimum absolute atomic E-state index is 0.0462. The first kappa shape index (κ1) is 75.2. The van der Waals surface area contributed by atoms with Gasteiger partial charge in [-0.2, -0.15) is 15.0 Å². The van der Waals surface area contributed by atoms with Crippen molar-refractivity contribution in [3.63, 3.8) is 0 Å². The number of phosphoric acid groups is 4. The number of aliphatic hydroxyl groups is 7. The topological polar surface area (TPSA) is 792 Å². The number of ether oxygens (including phenoxy) is 5. The molecule has 0 aliphatic carbocycles. The van der Waals surface area contributed by atoms with Crippen molar-refractivity contribution in [2.75, 3.05) is 61.7 Å². The third kappa shape index (κ3) is 15.1. The van der Waals surface area contributed by atoms with Crippen LogP contribution >= 0.6 is 31.3 Å². The van der Waals surface area contributed by atoms with Gasteiger partial charge >= 0.3 is 37.0 Å². The molecule has 4 unspecified atom stereocenters. The first-order chi connectivity index (χ1) is 49.6. The number of imidazole rings is 3. The van der Waals surface area contributed by atoms with Gasteiger partial charge in [-0.3, -0.25) is 83.8 Å². The number of anilines is 5. The van der Waals surface area contributed by atoms with Crippen LogP contribution in [0.25, 0.3) is 33.5 Å². The fourth-order valence-electron chi connectivity index (χ4n) is 12.0. The van der Waals surface area contributed by atoms with E-state index >= 15 is 0 Å². The lowest BCUT2D eigenvalue weighted by Crippen LogP contribution is -2.39. The number of aliphatic hydroxyl groups excluding tert-OH is 7. The Morgan fingerprint density at radius 3 is 1.36 bits per heavy atom. The molecule has 0 radical (unpaired) electrons. The molecule has 53 nitrogen and oxygen atoms in total. The number of fused-ring (bicyclic) bond motifs is 3. The summed E-state index contributed by atoms with van der Waals surface area (Å²) >= 11 is 0. The zero-order valence-electron chi connectivity index (χ0n) is 52.6. The maximum Gasteiger partial charge on any atom is 0.472 e. The van der Waals surface area contributed by atoms with E-state index in [9.17, 15) is 92.8 Å². The van der Waals surface area contributed by atoms with Gasteiger partial charge in [0.15, 0.2) is 58.7 Å². The van der Waals surface area contributed by atoms with Gasteiger partial charge in [-0.15, -0.1) is 0 Å². The molecule has 13 rings (SSSR count). The Kier molecular flexibility index (Phi) is 20.7. The summed E-state index contributed by atoms with van der Waals surface area (Å²) < 4.78 is 131. The molecule has 105 heavy (non-hydrogen) atoms. The van der Waals surface area contributed by atoms with Gasteiger partial charge < -0.3 is 108 Å². The molecule has 570 valence electrons. The molecule has 24 N–H and O–H groups in total. The Balaban J connectivity index is 0.717. The third-order valence-electron chi connectivity index (χ3n) is 16.8. The quantitative estimate of drug-likeness (QED) is 0.0224. The van der Waals surface area contributed by atoms with E-state index in [1.54, 1.807) is 0 Å². The lowest BCUT2D eigenvalue weighted by Gasteiger charge is -2.27. The number of nitrogens with two attached hydrogens (primary N) is 5. The largest absolute Gasteiger partial charge is 0.472 e. The van der Waals surface area contributed by atoms with Gasteiger partial charge in [0.1, 0.15) is 115 Å². The van der Waals surface area contributed by atoms with Crippen LogP contribution in [0.5, 0.6) is 0 Å². The minimum atomic E-state index is -5.87. The normalized spacial score (nSPS) is 32.3. The van der Waals surface area contributed by atoms with Crippen molar-refractivity contribution < 1.29 is 133 Å². The van der Waals surface area contributed by atoms with E-state index in [0.717, 1.165) is 52.9 Å². The molecule has 8 aromatic heterocycles. The average molecular weight is 1570 g/mol. The van der Waals surface area contributed by atoms with Crippen LogP contribution < -0.4 is 51.0 Å². The molecule has 0 amide bonds. The van der Waals surface area contributed by atoms with Crippen LogP contribution in [0.1, 0.15) is 36.6 Å². The van der Waals surface area contributed by atoms with Gasteiger partial charge in [-0.1, -0.05) is 0 Å². The molecule has 13 heterocycles. The van der Waals surface area contributed by atoms with E-state index in [0.29, 0.717) is 4.57 Å². The van der Waals surface area contributed by atoms with Crippen molar-refractivity contribution in [1.82, 2.24) is 78.1 Å². The Labute approximate surface area is 579 Å². The monoisotopic (exact) mass is 1570 g/mol. The molecule has 5 saturated heterocycles. The molecule has 24 atom stereocenters. The van der Waals surface area contributed by atoms with Crippen LogP contribution in [0.15, 0.2) is 62.9 Å². The average Bonchev–Trinajstić information content (AvgIpc) is 1.61. The molecule has 5 fully saturated rings. The number of phosphoric ester groups is 4. The highest BCUT2D eigenvalue weighted by atomic mass is 31.2. The number of rotatable bonds is 26. The zero-order valence-corrected chi connectivity index (χ0v) is 56.2. The summed E-state index contributed by atoms with van der Waals surface area (Å²) in [6, 6.07) is 0.805. The van der Waals surface area contributed by atoms with Crippen molar-refractivity contribution in [2.45, 2.75) is 123 Å². The summed E-state index contributed by atoms with van der Waals surface area (Å²) in [6.07, 6.45) is -33.3. The molecule has 0 spiro atoms. The first-order valence-electron chi connectivity index (χ1n) is 30.3. The zero-order chi connectivity index (χ0) is 75.3. The van der Waals surface area contributed by atoms with Gasteiger partial charge in [0, 0.05) is 24.0 Å². The highest BCUT2D eigenvalue weighted by molar-refractivity contribution is 7.48. The van der Waals surface area contributed by atoms with Crippen molar-refractivity contribution in [1.29, 1.82) is 0 Å². The third-order valence-corrected chi connectivity index (χ3v) is 20.8. The number of hydrogen-bond acceptors (Lipinski definition) is 42. The highest BCUT2D eigenvalue weighted by Crippen LogP contribution is 2.56. The smallest absolute Gasteiger partial charge is 0.394 e. The number of nitrogen functional groups attached to an aromatic ring is 5. The Morgan fingerprint density at radius 2 is 0.876 bits per heavy atom. The minimum Gasteiger partial charge on any atom is -0.394 e. The summed E-state index contributed by atoms with van der Waals surface area (Å²) in [6.45, 7) is -6.01. The molecule has 57 heteroatoms. The lowest BCUT2D eigenvalue weighted by molar-refractivity contribution is -0.0636. The summed E-state index contributed by atoms with van der Waals surface area (Å²) in [7, 11) is -23.0. The summed E-state index contributed by atoms with van der Waals surface area (Å²) in [5.41, 5.74) is 23.9. The number of nitrogens with zero attached hydrogens (tertiary/aromatic N) is 13. The van der Waals surface area contributed by atoms with E-state index in [2.05, 4.69) is 54.8 Å². The summed E-state index contributed by atoms with van der Waals surface area (Å²) in [5, 5.41) is 78.9. The van der Waals surface area contributed by atoms with Crippen molar-refractivity contribution in [2.24, 2.45) is 0 Å². The van der Waals surface area contributed by atoms with Crippen LogP contribution in [0.2, 0.25) is 0 Å². The van der Waals surface area contributed by atoms with E-state index in [1.165, 1.54) is 4.57 Å². The maximum atomic E-state index is 14.3. The summed E-state index contributed by atoms with van der Waals surface area (Å²) in [4.78, 5) is 137. The molecule has 8 aromatic rings. The van der Waals surface area contributed by atoms with E-state index in [1.807, 2.05) is 4.98 Å². The second-order valence-corrected chi connectivity index (χ2v) is 29.2. The molecule has 0 aromatic carbocycles. The standard InChI is InChI=1S/C48H61N21O32P4/c49-34-13(3-54-45(51)61-34)29-25(74)31(99-104(85,86)92-7-17-32(27(76)42(96-17)66-2-1-19(71)60-48(66)80)100-102(81,82)89-5-15-23(72)24(73)41(95-15)67-10-57-20-35(50)55-9-56-36(20)67)16(93-29)6-90-105(87,88)101-33-18(97-44(28(33)77)69-12-59-22-38(69)63-47(53)65-40(22)79)8-91-103(83,84)98-30-14(4-70)94-43(26(30)75)68-11-58-21-37(68)62-46(52)64-39(21)78/h1-3,9-12,14-18,23-33,41-44,70,72-77H,4-8H2,(H,81,82)(H,83,84)(H,85,86)(H,87,88)(H2,50,55,56)(H,60,71,80)(H4,49,51,54,61)(H3,52,62,64,78)(H3,53,63,65,79)/t14-,15-,16-,17-,18-,23-,24-,25+,26-,27-,28-,29+,30-,31-,32-,33-,41-,42-,43-,44-/m1/s1. The molecular weight excluding hydrogens is 1510 g/mol. The van der Waals surface area contributed by atoms with Gasteiger partial charge in [0.2, 0.25) is 17.8 Å². The molecule has 5 aliphatic rings. The number of aromatic amines is 3. The predicted octanol–water partition coefficient (Wildman–Crippen LogP) is -7.76. The van der Waals surface area contributed by atoms with Crippen molar-refractivity contribution >= 4 is 94.3 Å². The predicted molar refractivity (Wildman–Crippen MR) is 336 cm³/mol. The first-order valence-corrected chi connectivity index (χ1v) is 36.2. The SMILES string of the molecule is Nc1ncc([C@@H]2O[C@H](COP(=O)(O)O[C@H]3[C@@H](O)[C@H](n4cnc5c(=O)[nH]c(N)nc54)O[C@@H]3COP(=O)(O)O[C@H]3[C@@H](O)[C@H](n4cnc5c(=O)[nH]c(N)nc54)O[C@@H]3CO)[C@@H](OP(=O)(O)OC[C@H]3O[C@@H](n4ccc(=O)[nH]c4=O)[C@H](O)[C@@H]3OP(=O)(O)OC[C@H]3O[C@@H](n4cnc5c(N)ncnc54)[C@H](O)[C@@H]3O)[C@H]2O)c(N)n1. The Bertz CT molecular complexity index is 5050. The highest BCUT2D eigenvalue weighted by Gasteiger charge is 2.56. The lowest BCUT2D eigenvalue weighted by atomic mass is 10.0. The number of aromatic nitrogens is 16. The molecule has 5 aliphatic heterocycles. The van der Waals surface area contributed by atoms with Gasteiger partial charge in [0.05, 0.1) is 52.0 Å². The fraction of sp³-hybridized carbons (Fsp3) is 0.521. The van der Waals surface area contributed by atoms with E-state index in [4.69, 9.17) is 88.5 Å². The van der Waals surface area contributed by atoms with Crippen molar-refractivity contribution in [3.05, 3.63) is 90.9 Å². The van der Waals surface area contributed by atoms with Crippen LogP contribution in [-0.2, 0) is 78.1 Å². The second kappa shape index (κ2) is 28.9. The maximum absolute atomic E-state index is 14.3. The number of nitrogens with one attached hydrogen (secondary N) is 3. The van der Waals surface area contributed by atoms with Gasteiger partial charge in [-0.25, -0.2) is 53.0 Å². The molecular formula is C48H61N21O32P4. The molecule has 0 bridgehead atoms. The van der Waals surface area contributed by atoms with Crippen LogP contribution in [0, 0.1) is 0 Å². The number of hydrogen-bond donors (Lipinski definition) is 19. The Morgan fingerprint density at radius 1 is 0.457 bits per heavy atom. The second-order valence-electron chi connectivity index (χ2n) is 23.5. The van der Waals surface area contributed by atoms with Crippen LogP contribution in [0.3, 0.4) is 0 Å².